The van der Waals surface area contributed by atoms with E-state index in [0.717, 1.165) is 33.0 Å². The number of thiazole rings is 1. The van der Waals surface area contributed by atoms with Gasteiger partial charge in [0.25, 0.3) is 5.91 Å². The Morgan fingerprint density at radius 1 is 1.26 bits per heavy atom. The van der Waals surface area contributed by atoms with E-state index >= 15 is 0 Å². The van der Waals surface area contributed by atoms with E-state index in [0.29, 0.717) is 30.9 Å². The molecule has 5 rings (SSSR count). The summed E-state index contributed by atoms with van der Waals surface area (Å²) in [6.07, 6.45) is 7.87. The number of carbonyl (C=O) groups excluding carboxylic acids is 2. The van der Waals surface area contributed by atoms with Crippen molar-refractivity contribution in [2.24, 2.45) is 11.1 Å². The number of aromatic nitrogens is 2. The normalized spacial score (nSPS) is 19.0. The molecule has 1 aliphatic heterocycles. The molecular weight excluding hydrogens is 446 g/mol. The van der Waals surface area contributed by atoms with Crippen LogP contribution < -0.4 is 16.4 Å². The van der Waals surface area contributed by atoms with Gasteiger partial charge in [-0.3, -0.25) is 14.6 Å². The molecule has 0 saturated carbocycles. The van der Waals surface area contributed by atoms with Gasteiger partial charge in [0.15, 0.2) is 0 Å². The number of amides is 2. The number of hydrogen-bond donors (Lipinski definition) is 3. The molecule has 1 unspecified atom stereocenters. The number of allylic oxidation sites excluding steroid dienone is 3. The first-order valence-corrected chi connectivity index (χ1v) is 11.7. The van der Waals surface area contributed by atoms with Crippen LogP contribution in [-0.2, 0) is 24.2 Å². The molecule has 1 atom stereocenters. The molecule has 4 N–H and O–H groups in total. The van der Waals surface area contributed by atoms with E-state index in [-0.39, 0.29) is 11.8 Å². The van der Waals surface area contributed by atoms with Crippen molar-refractivity contribution < 1.29 is 9.59 Å². The number of carbonyl (C=O) groups is 2. The van der Waals surface area contributed by atoms with Crippen molar-refractivity contribution in [3.8, 4) is 10.6 Å². The quantitative estimate of drug-likeness (QED) is 0.480. The predicted octanol–water partition coefficient (Wildman–Crippen LogP) is 3.26. The third-order valence-electron chi connectivity index (χ3n) is 6.19. The Kier molecular flexibility index (Phi) is 5.59. The van der Waals surface area contributed by atoms with Crippen LogP contribution in [-0.4, -0.2) is 21.8 Å². The summed E-state index contributed by atoms with van der Waals surface area (Å²) in [6.45, 7) is 4.00. The lowest BCUT2D eigenvalue weighted by atomic mass is 9.78. The smallest absolute Gasteiger partial charge is 0.270 e. The number of hydrogen-bond acceptors (Lipinski definition) is 6. The average molecular weight is 470 g/mol. The zero-order chi connectivity index (χ0) is 23.7. The second kappa shape index (κ2) is 8.72. The summed E-state index contributed by atoms with van der Waals surface area (Å²) in [6, 6.07) is 11.7. The first kappa shape index (κ1) is 21.8. The molecule has 170 valence electrons. The van der Waals surface area contributed by atoms with Gasteiger partial charge < -0.3 is 16.4 Å². The highest BCUT2D eigenvalue weighted by Crippen LogP contribution is 2.46. The highest BCUT2D eigenvalue weighted by Gasteiger charge is 2.51. The molecule has 3 aromatic rings. The maximum atomic E-state index is 12.8. The van der Waals surface area contributed by atoms with Crippen LogP contribution in [0, 0.1) is 5.41 Å². The Labute approximate surface area is 201 Å². The van der Waals surface area contributed by atoms with Crippen molar-refractivity contribution in [3.05, 3.63) is 107 Å². The SMILES string of the molecule is C=C/C=C\C1=C(N)NC(=O)C12Cc1cnc(C(=O)NCc3csc(-c4ccccc4)n3)cc1C2. The zero-order valence-electron chi connectivity index (χ0n) is 18.4. The van der Waals surface area contributed by atoms with Gasteiger partial charge in [0.05, 0.1) is 17.7 Å². The van der Waals surface area contributed by atoms with Gasteiger partial charge in [0, 0.05) is 22.7 Å². The summed E-state index contributed by atoms with van der Waals surface area (Å²) in [5.74, 6) is -0.0515. The maximum Gasteiger partial charge on any atom is 0.270 e. The highest BCUT2D eigenvalue weighted by molar-refractivity contribution is 7.13. The Morgan fingerprint density at radius 3 is 2.85 bits per heavy atom. The zero-order valence-corrected chi connectivity index (χ0v) is 19.2. The number of nitrogens with two attached hydrogens (primary N) is 1. The topological polar surface area (TPSA) is 110 Å². The monoisotopic (exact) mass is 469 g/mol. The summed E-state index contributed by atoms with van der Waals surface area (Å²) in [4.78, 5) is 34.6. The van der Waals surface area contributed by atoms with Crippen LogP contribution in [0.25, 0.3) is 10.6 Å². The summed E-state index contributed by atoms with van der Waals surface area (Å²) in [5.41, 5.74) is 10.1. The minimum absolute atomic E-state index is 0.131. The number of nitrogens with one attached hydrogen (secondary N) is 2. The standard InChI is InChI=1S/C26H23N5O2S/c1-2-3-9-20-22(27)31-25(33)26(20)11-17-10-21(28-13-18(17)12-26)23(32)29-14-19-15-34-24(30-19)16-7-5-4-6-8-16/h2-10,13,15H,1,11-12,14,27H2,(H,29,32)(H,31,33)/b9-3-. The molecule has 0 saturated heterocycles. The van der Waals surface area contributed by atoms with Crippen LogP contribution in [0.1, 0.15) is 27.3 Å². The van der Waals surface area contributed by atoms with E-state index in [2.05, 4.69) is 27.2 Å². The molecule has 8 heteroatoms. The van der Waals surface area contributed by atoms with Crippen LogP contribution in [0.3, 0.4) is 0 Å². The van der Waals surface area contributed by atoms with Crippen LogP contribution >= 0.6 is 11.3 Å². The Morgan fingerprint density at radius 2 is 2.06 bits per heavy atom. The Balaban J connectivity index is 1.30. The molecule has 2 aromatic heterocycles. The first-order valence-electron chi connectivity index (χ1n) is 10.9. The third kappa shape index (κ3) is 3.82. The molecule has 1 spiro atoms. The number of rotatable bonds is 6. The van der Waals surface area contributed by atoms with E-state index in [1.165, 1.54) is 0 Å². The molecule has 34 heavy (non-hydrogen) atoms. The fourth-order valence-electron chi connectivity index (χ4n) is 4.50. The van der Waals surface area contributed by atoms with Crippen molar-refractivity contribution >= 4 is 23.2 Å². The van der Waals surface area contributed by atoms with Crippen LogP contribution in [0.5, 0.6) is 0 Å². The predicted molar refractivity (Wildman–Crippen MR) is 131 cm³/mol. The van der Waals surface area contributed by atoms with Gasteiger partial charge in [0.2, 0.25) is 5.91 Å². The fraction of sp³-hybridized carbons (Fsp3) is 0.154. The summed E-state index contributed by atoms with van der Waals surface area (Å²) in [7, 11) is 0. The molecule has 0 bridgehead atoms. The van der Waals surface area contributed by atoms with Gasteiger partial charge in [-0.25, -0.2) is 4.98 Å². The van der Waals surface area contributed by atoms with E-state index in [1.807, 2.05) is 41.8 Å². The number of benzene rings is 1. The second-order valence-electron chi connectivity index (χ2n) is 8.34. The first-order chi connectivity index (χ1) is 16.5. The Bertz CT molecular complexity index is 1360. The Hall–Kier alpha value is -4.04. The molecule has 1 aromatic carbocycles. The van der Waals surface area contributed by atoms with Crippen LogP contribution in [0.2, 0.25) is 0 Å². The molecule has 0 radical (unpaired) electrons. The van der Waals surface area contributed by atoms with Gasteiger partial charge in [-0.05, 0) is 30.0 Å². The molecule has 0 fully saturated rings. The van der Waals surface area contributed by atoms with Gasteiger partial charge in [0.1, 0.15) is 16.5 Å². The lowest BCUT2D eigenvalue weighted by Crippen LogP contribution is -2.35. The van der Waals surface area contributed by atoms with Crippen LogP contribution in [0.15, 0.2) is 84.2 Å². The van der Waals surface area contributed by atoms with E-state index in [9.17, 15) is 9.59 Å². The van der Waals surface area contributed by atoms with Crippen LogP contribution in [0.4, 0.5) is 0 Å². The summed E-state index contributed by atoms with van der Waals surface area (Å²) in [5, 5.41) is 8.51. The second-order valence-corrected chi connectivity index (χ2v) is 9.20. The lowest BCUT2D eigenvalue weighted by molar-refractivity contribution is -0.126. The fourth-order valence-corrected chi connectivity index (χ4v) is 5.33. The van der Waals surface area contributed by atoms with Gasteiger partial charge >= 0.3 is 0 Å². The summed E-state index contributed by atoms with van der Waals surface area (Å²) < 4.78 is 0. The molecular formula is C26H23N5O2S. The summed E-state index contributed by atoms with van der Waals surface area (Å²) >= 11 is 1.54. The van der Waals surface area contributed by atoms with Crippen molar-refractivity contribution in [1.82, 2.24) is 20.6 Å². The van der Waals surface area contributed by atoms with Crippen molar-refractivity contribution in [2.45, 2.75) is 19.4 Å². The van der Waals surface area contributed by atoms with E-state index in [1.54, 1.807) is 35.8 Å². The van der Waals surface area contributed by atoms with Crippen molar-refractivity contribution in [2.75, 3.05) is 0 Å². The molecule has 2 aliphatic rings. The largest absolute Gasteiger partial charge is 0.385 e. The van der Waals surface area contributed by atoms with Gasteiger partial charge in [-0.2, -0.15) is 0 Å². The molecule has 7 nitrogen and oxygen atoms in total. The number of pyridine rings is 1. The number of nitrogens with zero attached hydrogens (tertiary/aromatic N) is 2. The van der Waals surface area contributed by atoms with E-state index < -0.39 is 5.41 Å². The van der Waals surface area contributed by atoms with Gasteiger partial charge in [-0.15, -0.1) is 11.3 Å². The van der Waals surface area contributed by atoms with Crippen molar-refractivity contribution in [3.63, 3.8) is 0 Å². The minimum Gasteiger partial charge on any atom is -0.385 e. The lowest BCUT2D eigenvalue weighted by Gasteiger charge is -2.21. The highest BCUT2D eigenvalue weighted by atomic mass is 32.1. The molecule has 2 amide bonds. The minimum atomic E-state index is -0.781. The van der Waals surface area contributed by atoms with Crippen molar-refractivity contribution in [1.29, 1.82) is 0 Å². The third-order valence-corrected chi connectivity index (χ3v) is 7.13. The molecule has 1 aliphatic carbocycles. The maximum absolute atomic E-state index is 12.8. The number of fused-ring (bicyclic) bond motifs is 1. The average Bonchev–Trinajstić information content (AvgIpc) is 3.53. The van der Waals surface area contributed by atoms with Gasteiger partial charge in [-0.1, -0.05) is 55.1 Å². The van der Waals surface area contributed by atoms with E-state index in [4.69, 9.17) is 5.73 Å². The molecule has 3 heterocycles.